The first-order chi connectivity index (χ1) is 14.2. The number of nitrogens with zero attached hydrogens (tertiary/aromatic N) is 1. The number of hydrogen-bond acceptors (Lipinski definition) is 4. The molecule has 0 amide bonds. The molecule has 2 aromatic carbocycles. The molecule has 1 saturated carbocycles. The second-order valence-electron chi connectivity index (χ2n) is 8.24. The highest BCUT2D eigenvalue weighted by molar-refractivity contribution is 7.99. The van der Waals surface area contributed by atoms with Crippen LogP contribution in [0, 0.1) is 5.92 Å². The minimum Gasteiger partial charge on any atom is -0.496 e. The van der Waals surface area contributed by atoms with Crippen molar-refractivity contribution in [1.82, 2.24) is 4.90 Å². The van der Waals surface area contributed by atoms with Crippen molar-refractivity contribution >= 4 is 17.5 Å². The third kappa shape index (κ3) is 5.04. The lowest BCUT2D eigenvalue weighted by Gasteiger charge is -2.39. The molecule has 0 bridgehead atoms. The van der Waals surface area contributed by atoms with Gasteiger partial charge in [-0.15, -0.1) is 0 Å². The molecule has 3 nitrogen and oxygen atoms in total. The summed E-state index contributed by atoms with van der Waals surface area (Å²) in [6.07, 6.45) is 8.87. The number of likely N-dealkylation sites (tertiary alicyclic amines) is 1. The fraction of sp³-hybridized carbons (Fsp3) is 0.480. The normalized spacial score (nSPS) is 19.2. The topological polar surface area (TPSA) is 29.5 Å². The molecular weight excluding hydrogens is 378 g/mol. The summed E-state index contributed by atoms with van der Waals surface area (Å²) in [7, 11) is 1.70. The van der Waals surface area contributed by atoms with E-state index in [4.69, 9.17) is 4.74 Å². The van der Waals surface area contributed by atoms with Crippen molar-refractivity contribution < 1.29 is 9.53 Å². The Bertz CT molecular complexity index is 806. The van der Waals surface area contributed by atoms with Crippen molar-refractivity contribution in [3.63, 3.8) is 0 Å². The molecule has 0 aromatic heterocycles. The van der Waals surface area contributed by atoms with E-state index in [1.807, 2.05) is 30.3 Å². The predicted octanol–water partition coefficient (Wildman–Crippen LogP) is 6.07. The molecule has 1 heterocycles. The fourth-order valence-corrected chi connectivity index (χ4v) is 5.65. The zero-order valence-electron chi connectivity index (χ0n) is 17.3. The van der Waals surface area contributed by atoms with Crippen LogP contribution in [0.15, 0.2) is 58.3 Å². The van der Waals surface area contributed by atoms with Crippen LogP contribution in [0.2, 0.25) is 0 Å². The first kappa shape index (κ1) is 20.5. The van der Waals surface area contributed by atoms with Crippen LogP contribution < -0.4 is 4.74 Å². The average Bonchev–Trinajstić information content (AvgIpc) is 2.80. The summed E-state index contributed by atoms with van der Waals surface area (Å²) < 4.78 is 5.43. The van der Waals surface area contributed by atoms with Crippen molar-refractivity contribution in [1.29, 1.82) is 0 Å². The quantitative estimate of drug-likeness (QED) is 0.541. The number of ketones is 1. The Kier molecular flexibility index (Phi) is 6.94. The minimum atomic E-state index is 0.183. The summed E-state index contributed by atoms with van der Waals surface area (Å²) in [6, 6.07) is 16.9. The Morgan fingerprint density at radius 3 is 2.31 bits per heavy atom. The summed E-state index contributed by atoms with van der Waals surface area (Å²) in [4.78, 5) is 17.9. The van der Waals surface area contributed by atoms with Crippen LogP contribution in [0.5, 0.6) is 5.75 Å². The van der Waals surface area contributed by atoms with Crippen molar-refractivity contribution in [2.24, 2.45) is 5.92 Å². The van der Waals surface area contributed by atoms with Crippen molar-refractivity contribution in [2.45, 2.75) is 60.8 Å². The number of methoxy groups -OCH3 is 1. The lowest BCUT2D eigenvalue weighted by atomic mass is 9.86. The van der Waals surface area contributed by atoms with E-state index in [0.717, 1.165) is 53.1 Å². The van der Waals surface area contributed by atoms with Crippen LogP contribution in [-0.4, -0.2) is 36.9 Å². The van der Waals surface area contributed by atoms with Crippen molar-refractivity contribution in [3.05, 3.63) is 54.1 Å². The number of carbonyl (C=O) groups excluding carboxylic acids is 1. The highest BCUT2D eigenvalue weighted by atomic mass is 32.2. The molecular formula is C25H31NO2S. The second kappa shape index (κ2) is 9.82. The molecule has 2 aliphatic rings. The third-order valence-corrected chi connectivity index (χ3v) is 7.49. The maximum atomic E-state index is 13.0. The largest absolute Gasteiger partial charge is 0.496 e. The lowest BCUT2D eigenvalue weighted by molar-refractivity contribution is 0.0747. The van der Waals surface area contributed by atoms with Crippen molar-refractivity contribution in [3.8, 4) is 5.75 Å². The summed E-state index contributed by atoms with van der Waals surface area (Å²) in [5.41, 5.74) is 0.852. The van der Waals surface area contributed by atoms with E-state index in [0.29, 0.717) is 5.78 Å². The molecule has 0 spiro atoms. The van der Waals surface area contributed by atoms with E-state index >= 15 is 0 Å². The summed E-state index contributed by atoms with van der Waals surface area (Å²) in [6.45, 7) is 2.17. The van der Waals surface area contributed by atoms with E-state index in [1.165, 1.54) is 32.1 Å². The van der Waals surface area contributed by atoms with Crippen LogP contribution in [0.1, 0.15) is 55.3 Å². The number of piperidine rings is 1. The maximum absolute atomic E-state index is 13.0. The molecule has 0 atom stereocenters. The molecule has 29 heavy (non-hydrogen) atoms. The number of ether oxygens (including phenoxy) is 1. The first-order valence-electron chi connectivity index (χ1n) is 10.9. The van der Waals surface area contributed by atoms with E-state index in [-0.39, 0.29) is 5.92 Å². The second-order valence-corrected chi connectivity index (χ2v) is 9.36. The Morgan fingerprint density at radius 2 is 1.62 bits per heavy atom. The van der Waals surface area contributed by atoms with Gasteiger partial charge in [-0.3, -0.25) is 4.79 Å². The molecule has 2 aromatic rings. The van der Waals surface area contributed by atoms with Gasteiger partial charge in [-0.05, 0) is 63.0 Å². The molecule has 1 aliphatic carbocycles. The fourth-order valence-electron chi connectivity index (χ4n) is 4.73. The standard InChI is InChI=1S/C25H31NO2S/c1-28-23-9-5-6-10-24(23)29-22-13-11-19(12-14-22)25(27)20-15-17-26(18-16-20)21-7-3-2-4-8-21/h5-6,9-14,20-21H,2-4,7-8,15-18H2,1H3. The third-order valence-electron chi connectivity index (χ3n) is 6.43. The lowest BCUT2D eigenvalue weighted by Crippen LogP contribution is -2.43. The van der Waals surface area contributed by atoms with Gasteiger partial charge in [0.2, 0.25) is 0 Å². The highest BCUT2D eigenvalue weighted by Crippen LogP contribution is 2.35. The molecule has 1 saturated heterocycles. The van der Waals surface area contributed by atoms with Gasteiger partial charge in [0.05, 0.1) is 12.0 Å². The van der Waals surface area contributed by atoms with Gasteiger partial charge in [0.1, 0.15) is 5.75 Å². The van der Waals surface area contributed by atoms with Gasteiger partial charge in [0.25, 0.3) is 0 Å². The van der Waals surface area contributed by atoms with E-state index in [1.54, 1.807) is 18.9 Å². The van der Waals surface area contributed by atoms with Crippen LogP contribution in [0.3, 0.4) is 0 Å². The Balaban J connectivity index is 1.33. The molecule has 0 unspecified atom stereocenters. The molecule has 2 fully saturated rings. The Hall–Kier alpha value is -1.78. The van der Waals surface area contributed by atoms with Gasteiger partial charge in [-0.25, -0.2) is 0 Å². The molecule has 0 radical (unpaired) electrons. The van der Waals surface area contributed by atoms with Gasteiger partial charge in [-0.1, -0.05) is 55.3 Å². The predicted molar refractivity (Wildman–Crippen MR) is 119 cm³/mol. The number of Topliss-reactive ketones (excluding diaryl/α,β-unsaturated/α-hetero) is 1. The first-order valence-corrected chi connectivity index (χ1v) is 11.8. The average molecular weight is 410 g/mol. The van der Waals surface area contributed by atoms with Gasteiger partial charge in [0, 0.05) is 22.4 Å². The van der Waals surface area contributed by atoms with E-state index < -0.39 is 0 Å². The molecule has 4 rings (SSSR count). The molecule has 1 aliphatic heterocycles. The zero-order chi connectivity index (χ0) is 20.1. The van der Waals surface area contributed by atoms with Crippen LogP contribution >= 0.6 is 11.8 Å². The minimum absolute atomic E-state index is 0.183. The summed E-state index contributed by atoms with van der Waals surface area (Å²) >= 11 is 1.67. The molecule has 154 valence electrons. The zero-order valence-corrected chi connectivity index (χ0v) is 18.1. The summed E-state index contributed by atoms with van der Waals surface area (Å²) in [5, 5.41) is 0. The highest BCUT2D eigenvalue weighted by Gasteiger charge is 2.29. The Labute approximate surface area is 178 Å². The van der Waals surface area contributed by atoms with Gasteiger partial charge in [0.15, 0.2) is 5.78 Å². The molecule has 0 N–H and O–H groups in total. The summed E-state index contributed by atoms with van der Waals surface area (Å²) in [5.74, 6) is 1.38. The van der Waals surface area contributed by atoms with Crippen LogP contribution in [-0.2, 0) is 0 Å². The molecule has 4 heteroatoms. The Morgan fingerprint density at radius 1 is 0.931 bits per heavy atom. The van der Waals surface area contributed by atoms with E-state index in [9.17, 15) is 4.79 Å². The van der Waals surface area contributed by atoms with Crippen LogP contribution in [0.4, 0.5) is 0 Å². The van der Waals surface area contributed by atoms with E-state index in [2.05, 4.69) is 23.1 Å². The van der Waals surface area contributed by atoms with Crippen LogP contribution in [0.25, 0.3) is 0 Å². The number of hydrogen-bond donors (Lipinski definition) is 0. The monoisotopic (exact) mass is 409 g/mol. The SMILES string of the molecule is COc1ccccc1Sc1ccc(C(=O)C2CCN(C3CCCCC3)CC2)cc1. The maximum Gasteiger partial charge on any atom is 0.166 e. The van der Waals surface area contributed by atoms with Gasteiger partial charge < -0.3 is 9.64 Å². The number of benzene rings is 2. The number of para-hydroxylation sites is 1. The smallest absolute Gasteiger partial charge is 0.166 e. The van der Waals surface area contributed by atoms with Gasteiger partial charge in [-0.2, -0.15) is 0 Å². The van der Waals surface area contributed by atoms with Crippen molar-refractivity contribution in [2.75, 3.05) is 20.2 Å². The number of carbonyl (C=O) groups is 1. The number of rotatable bonds is 6. The van der Waals surface area contributed by atoms with Gasteiger partial charge >= 0.3 is 0 Å².